The van der Waals surface area contributed by atoms with Crippen molar-refractivity contribution in [3.63, 3.8) is 0 Å². The topological polar surface area (TPSA) is 53.4 Å². The van der Waals surface area contributed by atoms with E-state index < -0.39 is 0 Å². The van der Waals surface area contributed by atoms with Gasteiger partial charge < -0.3 is 9.47 Å². The molecule has 0 bridgehead atoms. The predicted molar refractivity (Wildman–Crippen MR) is 111 cm³/mol. The minimum atomic E-state index is -0.0746. The Morgan fingerprint density at radius 1 is 1.11 bits per heavy atom. The van der Waals surface area contributed by atoms with Gasteiger partial charge >= 0.3 is 0 Å². The van der Waals surface area contributed by atoms with Gasteiger partial charge in [-0.1, -0.05) is 41.9 Å². The van der Waals surface area contributed by atoms with Crippen LogP contribution in [0.5, 0.6) is 11.5 Å². The molecule has 0 fully saturated rings. The molecule has 0 amide bonds. The van der Waals surface area contributed by atoms with Crippen LogP contribution < -0.4 is 15.0 Å². The molecule has 0 saturated carbocycles. The number of ether oxygens (including phenoxy) is 2. The van der Waals surface area contributed by atoms with Crippen molar-refractivity contribution in [1.82, 2.24) is 9.55 Å². The first-order valence-electron chi connectivity index (χ1n) is 8.81. The normalized spacial score (nSPS) is 13.0. The number of nitrogens with zero attached hydrogens (tertiary/aromatic N) is 2. The van der Waals surface area contributed by atoms with Gasteiger partial charge in [0.1, 0.15) is 18.0 Å². The Kier molecular flexibility index (Phi) is 4.30. The van der Waals surface area contributed by atoms with Crippen LogP contribution in [0.3, 0.4) is 0 Å². The molecule has 0 spiro atoms. The van der Waals surface area contributed by atoms with Crippen molar-refractivity contribution < 1.29 is 9.47 Å². The van der Waals surface area contributed by atoms with E-state index in [0.29, 0.717) is 41.7 Å². The van der Waals surface area contributed by atoms with Gasteiger partial charge in [-0.15, -0.1) is 11.3 Å². The minimum Gasteiger partial charge on any atom is -0.486 e. The van der Waals surface area contributed by atoms with E-state index >= 15 is 0 Å². The first-order chi connectivity index (χ1) is 13.7. The average molecular weight is 411 g/mol. The largest absolute Gasteiger partial charge is 0.486 e. The van der Waals surface area contributed by atoms with Crippen molar-refractivity contribution >= 4 is 33.2 Å². The number of thiophene rings is 1. The van der Waals surface area contributed by atoms with Crippen molar-refractivity contribution in [1.29, 1.82) is 0 Å². The van der Waals surface area contributed by atoms with Gasteiger partial charge in [0, 0.05) is 4.88 Å². The lowest BCUT2D eigenvalue weighted by Crippen LogP contribution is -2.21. The molecule has 5 rings (SSSR count). The minimum absolute atomic E-state index is 0.0746. The van der Waals surface area contributed by atoms with Crippen LogP contribution in [-0.2, 0) is 6.54 Å². The van der Waals surface area contributed by atoms with Gasteiger partial charge in [-0.2, -0.15) is 0 Å². The van der Waals surface area contributed by atoms with Crippen LogP contribution in [0.2, 0.25) is 5.02 Å². The van der Waals surface area contributed by atoms with Crippen molar-refractivity contribution in [3.8, 4) is 21.9 Å². The summed E-state index contributed by atoms with van der Waals surface area (Å²) >= 11 is 7.83. The summed E-state index contributed by atoms with van der Waals surface area (Å²) in [6, 6.07) is 15.6. The fraction of sp³-hybridized carbons (Fsp3) is 0.143. The van der Waals surface area contributed by atoms with E-state index in [1.165, 1.54) is 11.3 Å². The Morgan fingerprint density at radius 2 is 1.93 bits per heavy atom. The highest BCUT2D eigenvalue weighted by Gasteiger charge is 2.17. The number of hydrogen-bond donors (Lipinski definition) is 0. The maximum Gasteiger partial charge on any atom is 0.262 e. The monoisotopic (exact) mass is 410 g/mol. The van der Waals surface area contributed by atoms with Gasteiger partial charge in [-0.05, 0) is 29.3 Å². The Bertz CT molecular complexity index is 1230. The molecule has 0 saturated heterocycles. The standard InChI is InChI=1S/C21H15ClN2O3S/c22-16-8-13(9-17-19(16)27-7-6-26-17)11-24-12-23-20-15(21(24)25)10-18(28-20)14-4-2-1-3-5-14/h1-5,8-10,12H,6-7,11H2. The number of halogens is 1. The van der Waals surface area contributed by atoms with Crippen LogP contribution in [0.1, 0.15) is 5.56 Å². The molecule has 140 valence electrons. The van der Waals surface area contributed by atoms with E-state index in [1.807, 2.05) is 42.5 Å². The van der Waals surface area contributed by atoms with E-state index in [-0.39, 0.29) is 5.56 Å². The number of rotatable bonds is 3. The van der Waals surface area contributed by atoms with Gasteiger partial charge in [-0.25, -0.2) is 4.98 Å². The van der Waals surface area contributed by atoms with E-state index in [1.54, 1.807) is 17.0 Å². The maximum absolute atomic E-state index is 13.0. The molecule has 0 N–H and O–H groups in total. The molecule has 0 aliphatic carbocycles. The van der Waals surface area contributed by atoms with E-state index in [4.69, 9.17) is 21.1 Å². The predicted octanol–water partition coefficient (Wildman–Crippen LogP) is 4.60. The van der Waals surface area contributed by atoms with Crippen LogP contribution in [0, 0.1) is 0 Å². The average Bonchev–Trinajstić information content (AvgIpc) is 3.16. The van der Waals surface area contributed by atoms with Crippen LogP contribution in [0.25, 0.3) is 20.7 Å². The van der Waals surface area contributed by atoms with Gasteiger partial charge in [0.15, 0.2) is 11.5 Å². The summed E-state index contributed by atoms with van der Waals surface area (Å²) in [5, 5.41) is 1.10. The summed E-state index contributed by atoms with van der Waals surface area (Å²) in [5.41, 5.74) is 1.86. The number of hydrogen-bond acceptors (Lipinski definition) is 5. The second-order valence-electron chi connectivity index (χ2n) is 6.47. The summed E-state index contributed by atoms with van der Waals surface area (Å²) in [6.07, 6.45) is 1.58. The highest BCUT2D eigenvalue weighted by atomic mass is 35.5. The smallest absolute Gasteiger partial charge is 0.262 e. The zero-order valence-corrected chi connectivity index (χ0v) is 16.3. The molecular formula is C21H15ClN2O3S. The quantitative estimate of drug-likeness (QED) is 0.495. The summed E-state index contributed by atoms with van der Waals surface area (Å²) in [7, 11) is 0. The van der Waals surface area contributed by atoms with Crippen LogP contribution >= 0.6 is 22.9 Å². The zero-order chi connectivity index (χ0) is 19.1. The Balaban J connectivity index is 1.53. The van der Waals surface area contributed by atoms with Crippen molar-refractivity contribution in [3.05, 3.63) is 75.8 Å². The van der Waals surface area contributed by atoms with E-state index in [0.717, 1.165) is 20.8 Å². The van der Waals surface area contributed by atoms with Gasteiger partial charge in [-0.3, -0.25) is 9.36 Å². The first kappa shape index (κ1) is 17.3. The maximum atomic E-state index is 13.0. The Morgan fingerprint density at radius 3 is 2.79 bits per heavy atom. The second kappa shape index (κ2) is 6.96. The van der Waals surface area contributed by atoms with Crippen LogP contribution in [-0.4, -0.2) is 22.8 Å². The van der Waals surface area contributed by atoms with Crippen LogP contribution in [0.15, 0.2) is 59.7 Å². The van der Waals surface area contributed by atoms with Crippen molar-refractivity contribution in [2.24, 2.45) is 0 Å². The lowest BCUT2D eigenvalue weighted by atomic mass is 10.2. The fourth-order valence-corrected chi connectivity index (χ4v) is 4.55. The molecule has 5 nitrogen and oxygen atoms in total. The SMILES string of the molecule is O=c1c2cc(-c3ccccc3)sc2ncn1Cc1cc(Cl)c2c(c1)OCCO2. The third kappa shape index (κ3) is 3.04. The number of aromatic nitrogens is 2. The number of fused-ring (bicyclic) bond motifs is 2. The van der Waals surface area contributed by atoms with E-state index in [2.05, 4.69) is 4.98 Å². The Labute approximate surface area is 169 Å². The molecular weight excluding hydrogens is 396 g/mol. The fourth-order valence-electron chi connectivity index (χ4n) is 3.27. The molecule has 0 unspecified atom stereocenters. The molecule has 4 aromatic rings. The molecule has 2 aromatic heterocycles. The van der Waals surface area contributed by atoms with Gasteiger partial charge in [0.2, 0.25) is 0 Å². The zero-order valence-electron chi connectivity index (χ0n) is 14.7. The van der Waals surface area contributed by atoms with Crippen molar-refractivity contribution in [2.75, 3.05) is 13.2 Å². The van der Waals surface area contributed by atoms with E-state index in [9.17, 15) is 4.79 Å². The molecule has 28 heavy (non-hydrogen) atoms. The first-order valence-corrected chi connectivity index (χ1v) is 10.0. The highest BCUT2D eigenvalue weighted by Crippen LogP contribution is 2.38. The molecule has 0 atom stereocenters. The highest BCUT2D eigenvalue weighted by molar-refractivity contribution is 7.21. The molecule has 1 aliphatic rings. The van der Waals surface area contributed by atoms with Crippen molar-refractivity contribution in [2.45, 2.75) is 6.54 Å². The summed E-state index contributed by atoms with van der Waals surface area (Å²) in [4.78, 5) is 19.2. The molecule has 0 radical (unpaired) electrons. The van der Waals surface area contributed by atoms with Gasteiger partial charge in [0.05, 0.1) is 23.3 Å². The number of benzene rings is 2. The Hall–Kier alpha value is -2.83. The molecule has 7 heteroatoms. The lowest BCUT2D eigenvalue weighted by Gasteiger charge is -2.20. The molecule has 3 heterocycles. The second-order valence-corrected chi connectivity index (χ2v) is 7.91. The molecule has 1 aliphatic heterocycles. The molecule has 2 aromatic carbocycles. The third-order valence-corrected chi connectivity index (χ3v) is 5.96. The van der Waals surface area contributed by atoms with Crippen LogP contribution in [0.4, 0.5) is 0 Å². The summed E-state index contributed by atoms with van der Waals surface area (Å²) < 4.78 is 12.8. The van der Waals surface area contributed by atoms with Gasteiger partial charge in [0.25, 0.3) is 5.56 Å². The summed E-state index contributed by atoms with van der Waals surface area (Å²) in [5.74, 6) is 1.17. The third-order valence-electron chi connectivity index (χ3n) is 4.59. The summed E-state index contributed by atoms with van der Waals surface area (Å²) in [6.45, 7) is 1.32. The lowest BCUT2D eigenvalue weighted by molar-refractivity contribution is 0.171.